The summed E-state index contributed by atoms with van der Waals surface area (Å²) in [5.41, 5.74) is 0. The van der Waals surface area contributed by atoms with E-state index >= 15 is 0 Å². The molecule has 1 N–H and O–H groups in total. The van der Waals surface area contributed by atoms with Gasteiger partial charge in [0.05, 0.1) is 25.9 Å². The van der Waals surface area contributed by atoms with Gasteiger partial charge in [0.1, 0.15) is 0 Å². The Balaban J connectivity index is 5.00. The van der Waals surface area contributed by atoms with Gasteiger partial charge < -0.3 is 13.3 Å². The van der Waals surface area contributed by atoms with Crippen molar-refractivity contribution < 1.29 is 13.3 Å². The molecule has 0 amide bonds. The van der Waals surface area contributed by atoms with Crippen LogP contribution in [0.15, 0.2) is 0 Å². The standard InChI is InChI=1S/C31H69NO3PSi/c1-7-10-13-16-19-23-28-36(29-24-20-17-14-11-8-2,30-25-21-18-15-12-9-3)32-27-22-26-31-37(33-4,34-5)35-6/h32H,7-31H2,1-6H3/q+1. The molecule has 0 heterocycles. The minimum Gasteiger partial charge on any atom is -0.377 e. The summed E-state index contributed by atoms with van der Waals surface area (Å²) in [6.07, 6.45) is 32.1. The molecule has 0 saturated carbocycles. The van der Waals surface area contributed by atoms with Gasteiger partial charge in [-0.2, -0.15) is 5.09 Å². The fourth-order valence-corrected chi connectivity index (χ4v) is 11.6. The zero-order valence-electron chi connectivity index (χ0n) is 26.3. The highest BCUT2D eigenvalue weighted by atomic mass is 31.2. The van der Waals surface area contributed by atoms with Gasteiger partial charge in [-0.15, -0.1) is 0 Å². The second-order valence-corrected chi connectivity index (χ2v) is 18.3. The van der Waals surface area contributed by atoms with Crippen molar-refractivity contribution in [3.8, 4) is 0 Å². The van der Waals surface area contributed by atoms with E-state index in [0.29, 0.717) is 0 Å². The predicted octanol–water partition coefficient (Wildman–Crippen LogP) is 10.2. The van der Waals surface area contributed by atoms with Crippen molar-refractivity contribution >= 4 is 16.2 Å². The van der Waals surface area contributed by atoms with E-state index in [1.807, 2.05) is 0 Å². The summed E-state index contributed by atoms with van der Waals surface area (Å²) in [6, 6.07) is 0.913. The van der Waals surface area contributed by atoms with Gasteiger partial charge in [-0.25, -0.2) is 0 Å². The SMILES string of the molecule is CCCCCCCC[P+](CCCCCCCC)(CCCCCCCC)NCCCC[Si](OC)(OC)OC. The van der Waals surface area contributed by atoms with Crippen LogP contribution in [0, 0.1) is 0 Å². The van der Waals surface area contributed by atoms with Crippen LogP contribution in [0.25, 0.3) is 0 Å². The zero-order chi connectivity index (χ0) is 27.5. The van der Waals surface area contributed by atoms with Crippen LogP contribution in [0.4, 0.5) is 0 Å². The first-order valence-corrected chi connectivity index (χ1v) is 20.6. The van der Waals surface area contributed by atoms with Crippen molar-refractivity contribution in [3.63, 3.8) is 0 Å². The van der Waals surface area contributed by atoms with Crippen LogP contribution in [-0.2, 0) is 13.3 Å². The molecular weight excluding hydrogens is 493 g/mol. The Morgan fingerprint density at radius 1 is 0.459 bits per heavy atom. The number of unbranched alkanes of at least 4 members (excludes halogenated alkanes) is 16. The highest BCUT2D eigenvalue weighted by Gasteiger charge is 2.38. The first-order chi connectivity index (χ1) is 18.1. The van der Waals surface area contributed by atoms with Crippen LogP contribution in [0.1, 0.15) is 149 Å². The van der Waals surface area contributed by atoms with Crippen molar-refractivity contribution in [1.82, 2.24) is 5.09 Å². The molecule has 0 aliphatic carbocycles. The Kier molecular flexibility index (Phi) is 27.0. The Hall–Kier alpha value is 0.487. The van der Waals surface area contributed by atoms with Gasteiger partial charge in [0, 0.05) is 33.9 Å². The van der Waals surface area contributed by atoms with Gasteiger partial charge in [-0.1, -0.05) is 97.8 Å². The highest BCUT2D eigenvalue weighted by molar-refractivity contribution is 7.74. The van der Waals surface area contributed by atoms with E-state index in [-0.39, 0.29) is 0 Å². The van der Waals surface area contributed by atoms with Crippen LogP contribution >= 0.6 is 7.41 Å². The quantitative estimate of drug-likeness (QED) is 0.0537. The maximum atomic E-state index is 5.64. The largest absolute Gasteiger partial charge is 0.500 e. The molecule has 37 heavy (non-hydrogen) atoms. The minimum atomic E-state index is -2.44. The normalized spacial score (nSPS) is 12.5. The van der Waals surface area contributed by atoms with E-state index < -0.39 is 16.2 Å². The molecule has 0 unspecified atom stereocenters. The number of nitrogens with one attached hydrogen (secondary N) is 1. The van der Waals surface area contributed by atoms with E-state index in [9.17, 15) is 0 Å². The molecule has 0 spiro atoms. The van der Waals surface area contributed by atoms with E-state index in [2.05, 4.69) is 25.9 Å². The van der Waals surface area contributed by atoms with Crippen molar-refractivity contribution in [2.24, 2.45) is 0 Å². The average molecular weight is 563 g/mol. The lowest BCUT2D eigenvalue weighted by molar-refractivity contribution is 0.123. The fourth-order valence-electron chi connectivity index (χ4n) is 5.50. The summed E-state index contributed by atoms with van der Waals surface area (Å²) in [4.78, 5) is 0. The van der Waals surface area contributed by atoms with E-state index in [1.54, 1.807) is 21.3 Å². The average Bonchev–Trinajstić information content (AvgIpc) is 2.92. The lowest BCUT2D eigenvalue weighted by Gasteiger charge is -2.29. The van der Waals surface area contributed by atoms with E-state index in [4.69, 9.17) is 13.3 Å². The summed E-state index contributed by atoms with van der Waals surface area (Å²) < 4.78 is 16.9. The van der Waals surface area contributed by atoms with E-state index in [1.165, 1.54) is 140 Å². The van der Waals surface area contributed by atoms with Gasteiger partial charge in [-0.3, -0.25) is 0 Å². The second-order valence-electron chi connectivity index (χ2n) is 11.3. The lowest BCUT2D eigenvalue weighted by Crippen LogP contribution is -2.42. The molecule has 0 bridgehead atoms. The molecule has 0 aromatic heterocycles. The monoisotopic (exact) mass is 562 g/mol. The zero-order valence-corrected chi connectivity index (χ0v) is 28.2. The number of hydrogen-bond acceptors (Lipinski definition) is 4. The van der Waals surface area contributed by atoms with Crippen LogP contribution in [0.2, 0.25) is 6.04 Å². The highest BCUT2D eigenvalue weighted by Crippen LogP contribution is 2.57. The molecule has 0 saturated heterocycles. The molecule has 0 radical (unpaired) electrons. The molecular formula is C31H69NO3PSi+. The summed E-state index contributed by atoms with van der Waals surface area (Å²) in [6.45, 7) is 8.11. The fraction of sp³-hybridized carbons (Fsp3) is 1.00. The molecule has 0 atom stereocenters. The third-order valence-electron chi connectivity index (χ3n) is 8.11. The first kappa shape index (κ1) is 37.5. The van der Waals surface area contributed by atoms with Crippen molar-refractivity contribution in [1.29, 1.82) is 0 Å². The van der Waals surface area contributed by atoms with Crippen LogP contribution in [0.5, 0.6) is 0 Å². The smallest absolute Gasteiger partial charge is 0.377 e. The summed E-state index contributed by atoms with van der Waals surface area (Å²) in [7, 11) is 1.65. The third kappa shape index (κ3) is 20.1. The molecule has 0 aromatic rings. The number of hydrogen-bond donors (Lipinski definition) is 1. The Bertz CT molecular complexity index is 417. The van der Waals surface area contributed by atoms with Gasteiger partial charge in [0.2, 0.25) is 0 Å². The topological polar surface area (TPSA) is 39.7 Å². The molecule has 0 aromatic carbocycles. The second kappa shape index (κ2) is 26.7. The van der Waals surface area contributed by atoms with Crippen LogP contribution < -0.4 is 5.09 Å². The Morgan fingerprint density at radius 2 is 0.811 bits per heavy atom. The van der Waals surface area contributed by atoms with Crippen molar-refractivity contribution in [2.75, 3.05) is 46.4 Å². The minimum absolute atomic E-state index is 0.913. The molecule has 4 nitrogen and oxygen atoms in total. The molecule has 224 valence electrons. The Labute approximate surface area is 235 Å². The maximum absolute atomic E-state index is 5.64. The summed E-state index contributed by atoms with van der Waals surface area (Å²) in [5, 5.41) is 4.28. The van der Waals surface area contributed by atoms with Gasteiger partial charge in [0.25, 0.3) is 0 Å². The first-order valence-electron chi connectivity index (χ1n) is 16.3. The van der Waals surface area contributed by atoms with Crippen molar-refractivity contribution in [2.45, 2.75) is 155 Å². The maximum Gasteiger partial charge on any atom is 0.500 e. The summed E-state index contributed by atoms with van der Waals surface area (Å²) in [5.74, 6) is 0. The van der Waals surface area contributed by atoms with E-state index in [0.717, 1.165) is 19.0 Å². The molecule has 6 heteroatoms. The van der Waals surface area contributed by atoms with Gasteiger partial charge in [0.15, 0.2) is 0 Å². The Morgan fingerprint density at radius 3 is 1.16 bits per heavy atom. The molecule has 0 rings (SSSR count). The molecule has 0 fully saturated rings. The van der Waals surface area contributed by atoms with Gasteiger partial charge >= 0.3 is 8.80 Å². The van der Waals surface area contributed by atoms with Crippen molar-refractivity contribution in [3.05, 3.63) is 0 Å². The predicted molar refractivity (Wildman–Crippen MR) is 170 cm³/mol. The third-order valence-corrected chi connectivity index (χ3v) is 15.4. The molecule has 0 aliphatic rings. The van der Waals surface area contributed by atoms with Gasteiger partial charge in [-0.05, 0) is 51.4 Å². The number of rotatable bonds is 30. The molecule has 0 aliphatic heterocycles. The van der Waals surface area contributed by atoms with Crippen LogP contribution in [0.3, 0.4) is 0 Å². The summed E-state index contributed by atoms with van der Waals surface area (Å²) >= 11 is 0. The lowest BCUT2D eigenvalue weighted by atomic mass is 10.1. The van der Waals surface area contributed by atoms with Crippen LogP contribution in [-0.4, -0.2) is 55.2 Å².